The number of guanidine groups is 1. The molecule has 1 amide bonds. The lowest BCUT2D eigenvalue weighted by atomic mass is 9.80. The number of carbonyl (C=O) groups is 1. The summed E-state index contributed by atoms with van der Waals surface area (Å²) >= 11 is 0. The SMILES string of the molecule is COC1CCCC2(C1)NC(=NCC(C)C)NC2=O. The highest BCUT2D eigenvalue weighted by molar-refractivity contribution is 6.09. The molecule has 1 spiro atoms. The Balaban J connectivity index is 2.06. The number of nitrogens with zero attached hydrogens (tertiary/aromatic N) is 1. The molecule has 1 aliphatic carbocycles. The van der Waals surface area contributed by atoms with Gasteiger partial charge in [-0.15, -0.1) is 0 Å². The molecule has 2 unspecified atom stereocenters. The Bertz CT molecular complexity index is 354. The van der Waals surface area contributed by atoms with Crippen molar-refractivity contribution in [1.29, 1.82) is 0 Å². The first-order chi connectivity index (χ1) is 8.55. The van der Waals surface area contributed by atoms with Crippen LogP contribution in [-0.2, 0) is 9.53 Å². The first-order valence-corrected chi connectivity index (χ1v) is 6.72. The van der Waals surface area contributed by atoms with Gasteiger partial charge in [0.15, 0.2) is 5.96 Å². The van der Waals surface area contributed by atoms with Gasteiger partial charge >= 0.3 is 0 Å². The van der Waals surface area contributed by atoms with Crippen LogP contribution in [-0.4, -0.2) is 37.2 Å². The number of hydrogen-bond acceptors (Lipinski definition) is 3. The van der Waals surface area contributed by atoms with Gasteiger partial charge in [0, 0.05) is 20.1 Å². The highest BCUT2D eigenvalue weighted by Gasteiger charge is 2.48. The van der Waals surface area contributed by atoms with E-state index in [1.807, 2.05) is 0 Å². The van der Waals surface area contributed by atoms with Crippen molar-refractivity contribution in [3.8, 4) is 0 Å². The molecule has 1 aliphatic heterocycles. The molecule has 102 valence electrons. The van der Waals surface area contributed by atoms with Gasteiger partial charge in [0.25, 0.3) is 5.91 Å². The molecule has 0 bridgehead atoms. The molecular weight excluding hydrogens is 230 g/mol. The molecule has 2 N–H and O–H groups in total. The third-order valence-electron chi connectivity index (χ3n) is 3.68. The molecule has 5 heteroatoms. The topological polar surface area (TPSA) is 62.7 Å². The average Bonchev–Trinajstić information content (AvgIpc) is 2.63. The minimum absolute atomic E-state index is 0.0479. The van der Waals surface area contributed by atoms with Crippen molar-refractivity contribution < 1.29 is 9.53 Å². The fourth-order valence-electron chi connectivity index (χ4n) is 2.64. The lowest BCUT2D eigenvalue weighted by Crippen LogP contribution is -2.51. The van der Waals surface area contributed by atoms with Gasteiger partial charge in [0.1, 0.15) is 5.54 Å². The summed E-state index contributed by atoms with van der Waals surface area (Å²) in [7, 11) is 1.71. The van der Waals surface area contributed by atoms with Crippen molar-refractivity contribution in [3.63, 3.8) is 0 Å². The Hall–Kier alpha value is -1.10. The average molecular weight is 253 g/mol. The maximum atomic E-state index is 12.2. The first kappa shape index (κ1) is 13.3. The smallest absolute Gasteiger partial charge is 0.252 e. The van der Waals surface area contributed by atoms with E-state index >= 15 is 0 Å². The van der Waals surface area contributed by atoms with E-state index in [0.29, 0.717) is 11.9 Å². The second-order valence-corrected chi connectivity index (χ2v) is 5.70. The van der Waals surface area contributed by atoms with Crippen LogP contribution in [0.15, 0.2) is 4.99 Å². The van der Waals surface area contributed by atoms with Gasteiger partial charge in [-0.1, -0.05) is 13.8 Å². The number of hydrogen-bond donors (Lipinski definition) is 2. The van der Waals surface area contributed by atoms with Gasteiger partial charge in [-0.3, -0.25) is 15.1 Å². The summed E-state index contributed by atoms with van der Waals surface area (Å²) in [6.45, 7) is 4.95. The molecule has 1 saturated heterocycles. The van der Waals surface area contributed by atoms with E-state index in [-0.39, 0.29) is 12.0 Å². The van der Waals surface area contributed by atoms with Crippen LogP contribution in [0.25, 0.3) is 0 Å². The summed E-state index contributed by atoms with van der Waals surface area (Å²) in [4.78, 5) is 16.6. The quantitative estimate of drug-likeness (QED) is 0.790. The van der Waals surface area contributed by atoms with Crippen LogP contribution < -0.4 is 10.6 Å². The van der Waals surface area contributed by atoms with E-state index < -0.39 is 5.54 Å². The first-order valence-electron chi connectivity index (χ1n) is 6.72. The third-order valence-corrected chi connectivity index (χ3v) is 3.68. The zero-order valence-corrected chi connectivity index (χ0v) is 11.5. The predicted octanol–water partition coefficient (Wildman–Crippen LogP) is 1.05. The standard InChI is InChI=1S/C13H23N3O2/c1-9(2)8-14-12-15-11(17)13(16-12)6-4-5-10(7-13)18-3/h9-10H,4-8H2,1-3H3,(H2,14,15,16,17). The molecule has 2 atom stereocenters. The highest BCUT2D eigenvalue weighted by atomic mass is 16.5. The molecule has 0 radical (unpaired) electrons. The van der Waals surface area contributed by atoms with Gasteiger partial charge in [-0.2, -0.15) is 0 Å². The Morgan fingerprint density at radius 2 is 2.33 bits per heavy atom. The predicted molar refractivity (Wildman–Crippen MR) is 70.4 cm³/mol. The second kappa shape index (κ2) is 5.26. The summed E-state index contributed by atoms with van der Waals surface area (Å²) in [6.07, 6.45) is 3.80. The van der Waals surface area contributed by atoms with Gasteiger partial charge in [0.2, 0.25) is 0 Å². The Labute approximate surface area is 108 Å². The number of rotatable bonds is 3. The largest absolute Gasteiger partial charge is 0.381 e. The van der Waals surface area contributed by atoms with Crippen LogP contribution in [0.4, 0.5) is 0 Å². The van der Waals surface area contributed by atoms with Crippen LogP contribution in [0.1, 0.15) is 39.5 Å². The number of ether oxygens (including phenoxy) is 1. The minimum atomic E-state index is -0.491. The zero-order valence-electron chi connectivity index (χ0n) is 11.5. The van der Waals surface area contributed by atoms with Gasteiger partial charge in [-0.05, 0) is 25.2 Å². The Morgan fingerprint density at radius 3 is 3.00 bits per heavy atom. The second-order valence-electron chi connectivity index (χ2n) is 5.70. The summed E-state index contributed by atoms with van der Waals surface area (Å²) in [5.41, 5.74) is -0.491. The Morgan fingerprint density at radius 1 is 1.56 bits per heavy atom. The number of aliphatic imine (C=N–C) groups is 1. The molecule has 1 saturated carbocycles. The van der Waals surface area contributed by atoms with Crippen molar-refractivity contribution in [1.82, 2.24) is 10.6 Å². The lowest BCUT2D eigenvalue weighted by Gasteiger charge is -2.34. The van der Waals surface area contributed by atoms with Crippen molar-refractivity contribution in [3.05, 3.63) is 0 Å². The molecule has 2 rings (SSSR count). The van der Waals surface area contributed by atoms with Gasteiger partial charge < -0.3 is 10.1 Å². The van der Waals surface area contributed by atoms with Crippen molar-refractivity contribution in [2.24, 2.45) is 10.9 Å². The molecular formula is C13H23N3O2. The minimum Gasteiger partial charge on any atom is -0.381 e. The molecule has 0 aromatic heterocycles. The van der Waals surface area contributed by atoms with E-state index in [9.17, 15) is 4.79 Å². The molecule has 2 fully saturated rings. The fraction of sp³-hybridized carbons (Fsp3) is 0.846. The molecule has 2 aliphatic rings. The van der Waals surface area contributed by atoms with Crippen molar-refractivity contribution in [2.45, 2.75) is 51.2 Å². The van der Waals surface area contributed by atoms with E-state index in [2.05, 4.69) is 29.5 Å². The number of carbonyl (C=O) groups excluding carboxylic acids is 1. The van der Waals surface area contributed by atoms with Crippen LogP contribution >= 0.6 is 0 Å². The number of nitrogens with one attached hydrogen (secondary N) is 2. The molecule has 0 aromatic carbocycles. The van der Waals surface area contributed by atoms with Crippen molar-refractivity contribution in [2.75, 3.05) is 13.7 Å². The van der Waals surface area contributed by atoms with Crippen LogP contribution in [0.3, 0.4) is 0 Å². The monoisotopic (exact) mass is 253 g/mol. The summed E-state index contributed by atoms with van der Waals surface area (Å²) in [5, 5.41) is 6.14. The van der Waals surface area contributed by atoms with Crippen LogP contribution in [0.2, 0.25) is 0 Å². The molecule has 1 heterocycles. The maximum Gasteiger partial charge on any atom is 0.252 e. The third kappa shape index (κ3) is 2.66. The molecule has 0 aromatic rings. The maximum absolute atomic E-state index is 12.2. The Kier molecular flexibility index (Phi) is 3.90. The molecule has 18 heavy (non-hydrogen) atoms. The van der Waals surface area contributed by atoms with Crippen molar-refractivity contribution >= 4 is 11.9 Å². The van der Waals surface area contributed by atoms with Crippen LogP contribution in [0.5, 0.6) is 0 Å². The summed E-state index contributed by atoms with van der Waals surface area (Å²) < 4.78 is 5.40. The zero-order chi connectivity index (χ0) is 13.2. The molecule has 5 nitrogen and oxygen atoms in total. The number of amides is 1. The van der Waals surface area contributed by atoms with E-state index in [1.54, 1.807) is 7.11 Å². The van der Waals surface area contributed by atoms with Crippen LogP contribution in [0, 0.1) is 5.92 Å². The summed E-state index contributed by atoms with van der Waals surface area (Å²) in [5.74, 6) is 1.17. The van der Waals surface area contributed by atoms with E-state index in [1.165, 1.54) is 0 Å². The number of methoxy groups -OCH3 is 1. The van der Waals surface area contributed by atoms with E-state index in [0.717, 1.165) is 32.2 Å². The van der Waals surface area contributed by atoms with E-state index in [4.69, 9.17) is 4.74 Å². The normalized spacial score (nSPS) is 34.1. The fourth-order valence-corrected chi connectivity index (χ4v) is 2.64. The van der Waals surface area contributed by atoms with Gasteiger partial charge in [0.05, 0.1) is 6.10 Å². The lowest BCUT2D eigenvalue weighted by molar-refractivity contribution is -0.126. The van der Waals surface area contributed by atoms with Gasteiger partial charge in [-0.25, -0.2) is 0 Å². The summed E-state index contributed by atoms with van der Waals surface area (Å²) in [6, 6.07) is 0. The highest BCUT2D eigenvalue weighted by Crippen LogP contribution is 2.32.